The fraction of sp³-hybridized carbons (Fsp3) is 0.273. The van der Waals surface area contributed by atoms with E-state index in [0.29, 0.717) is 28.8 Å². The number of nitrogens with zero attached hydrogens (tertiary/aromatic N) is 3. The molecule has 2 N–H and O–H groups in total. The molecule has 2 amide bonds. The van der Waals surface area contributed by atoms with Gasteiger partial charge in [-0.25, -0.2) is 0 Å². The number of aromatic nitrogens is 3. The second-order valence-corrected chi connectivity index (χ2v) is 8.71. The topological polar surface area (TPSA) is 98.1 Å². The summed E-state index contributed by atoms with van der Waals surface area (Å²) >= 11 is 4.67. The number of hydrogen-bond acceptors (Lipinski definition) is 6. The van der Waals surface area contributed by atoms with Gasteiger partial charge in [-0.1, -0.05) is 27.7 Å². The molecule has 1 aromatic heterocycles. The third-order valence-corrected chi connectivity index (χ3v) is 6.10. The van der Waals surface area contributed by atoms with Crippen LogP contribution in [0, 0.1) is 0 Å². The highest BCUT2D eigenvalue weighted by Crippen LogP contribution is 2.22. The lowest BCUT2D eigenvalue weighted by molar-refractivity contribution is -0.113. The van der Waals surface area contributed by atoms with Gasteiger partial charge in [-0.05, 0) is 62.4 Å². The first-order valence-corrected chi connectivity index (χ1v) is 11.7. The number of nitrogens with one attached hydrogen (secondary N) is 2. The van der Waals surface area contributed by atoms with Gasteiger partial charge in [0.25, 0.3) is 5.91 Å². The molecule has 1 atom stereocenters. The lowest BCUT2D eigenvalue weighted by Gasteiger charge is -2.15. The Kier molecular flexibility index (Phi) is 8.29. The molecule has 0 bridgehead atoms. The zero-order valence-corrected chi connectivity index (χ0v) is 20.4. The highest BCUT2D eigenvalue weighted by atomic mass is 79.9. The van der Waals surface area contributed by atoms with Crippen molar-refractivity contribution in [2.45, 2.75) is 31.6 Å². The van der Waals surface area contributed by atoms with Crippen molar-refractivity contribution in [2.24, 2.45) is 0 Å². The van der Waals surface area contributed by atoms with E-state index < -0.39 is 0 Å². The number of halogens is 1. The van der Waals surface area contributed by atoms with Crippen LogP contribution in [0.5, 0.6) is 5.75 Å². The van der Waals surface area contributed by atoms with Crippen molar-refractivity contribution in [3.05, 3.63) is 64.4 Å². The summed E-state index contributed by atoms with van der Waals surface area (Å²) in [6, 6.07) is 13.9. The Bertz CT molecular complexity index is 1070. The number of carbonyl (C=O) groups excluding carboxylic acids is 2. The summed E-state index contributed by atoms with van der Waals surface area (Å²) in [4.78, 5) is 24.9. The van der Waals surface area contributed by atoms with Crippen molar-refractivity contribution in [2.75, 3.05) is 18.2 Å². The van der Waals surface area contributed by atoms with Gasteiger partial charge >= 0.3 is 0 Å². The fourth-order valence-electron chi connectivity index (χ4n) is 2.97. The van der Waals surface area contributed by atoms with Crippen LogP contribution in [0.15, 0.2) is 58.2 Å². The quantitative estimate of drug-likeness (QED) is 0.410. The molecule has 0 saturated heterocycles. The van der Waals surface area contributed by atoms with Gasteiger partial charge in [0.15, 0.2) is 11.0 Å². The first-order chi connectivity index (χ1) is 15.4. The highest BCUT2D eigenvalue weighted by molar-refractivity contribution is 9.10. The molecule has 0 fully saturated rings. The number of benzene rings is 2. The van der Waals surface area contributed by atoms with Crippen molar-refractivity contribution in [1.29, 1.82) is 0 Å². The largest absolute Gasteiger partial charge is 0.497 e. The molecular weight excluding hydrogens is 494 g/mol. The van der Waals surface area contributed by atoms with E-state index in [9.17, 15) is 9.59 Å². The molecule has 0 saturated carbocycles. The van der Waals surface area contributed by atoms with Crippen molar-refractivity contribution < 1.29 is 14.3 Å². The van der Waals surface area contributed by atoms with Crippen molar-refractivity contribution in [1.82, 2.24) is 20.1 Å². The summed E-state index contributed by atoms with van der Waals surface area (Å²) < 4.78 is 7.97. The van der Waals surface area contributed by atoms with Gasteiger partial charge in [0.05, 0.1) is 18.9 Å². The standard InChI is InChI=1S/C22H24BrN5O3S/c1-4-28-20(14(2)24-21(30)15-5-11-18(31-3)12-6-15)26-27-22(28)32-13-19(29)25-17-9-7-16(23)8-10-17/h5-12,14H,4,13H2,1-3H3,(H,24,30)(H,25,29)/t14-/m0/s1. The van der Waals surface area contributed by atoms with Gasteiger partial charge in [0, 0.05) is 22.3 Å². The van der Waals surface area contributed by atoms with Crippen LogP contribution in [0.2, 0.25) is 0 Å². The van der Waals surface area contributed by atoms with Gasteiger partial charge in [-0.15, -0.1) is 10.2 Å². The van der Waals surface area contributed by atoms with Crippen LogP contribution in [0.25, 0.3) is 0 Å². The maximum Gasteiger partial charge on any atom is 0.251 e. The number of hydrogen-bond donors (Lipinski definition) is 2. The van der Waals surface area contributed by atoms with E-state index in [1.165, 1.54) is 11.8 Å². The van der Waals surface area contributed by atoms with E-state index in [-0.39, 0.29) is 23.6 Å². The third-order valence-electron chi connectivity index (χ3n) is 4.61. The van der Waals surface area contributed by atoms with Crippen LogP contribution >= 0.6 is 27.7 Å². The minimum absolute atomic E-state index is 0.134. The Hall–Kier alpha value is -2.85. The maximum atomic E-state index is 12.6. The number of carbonyl (C=O) groups is 2. The van der Waals surface area contributed by atoms with Gasteiger partial charge in [0.1, 0.15) is 5.75 Å². The van der Waals surface area contributed by atoms with Crippen LogP contribution in [0.1, 0.15) is 36.1 Å². The summed E-state index contributed by atoms with van der Waals surface area (Å²) in [6.07, 6.45) is 0. The lowest BCUT2D eigenvalue weighted by atomic mass is 10.2. The minimum Gasteiger partial charge on any atom is -0.497 e. The van der Waals surface area contributed by atoms with Gasteiger partial charge in [-0.3, -0.25) is 9.59 Å². The SMILES string of the molecule is CCn1c(SCC(=O)Nc2ccc(Br)cc2)nnc1[C@H](C)NC(=O)c1ccc(OC)cc1. The Morgan fingerprint density at radius 3 is 2.44 bits per heavy atom. The highest BCUT2D eigenvalue weighted by Gasteiger charge is 2.20. The summed E-state index contributed by atoms with van der Waals surface area (Å²) in [7, 11) is 1.58. The molecule has 8 nitrogen and oxygen atoms in total. The molecule has 0 aliphatic heterocycles. The monoisotopic (exact) mass is 517 g/mol. The van der Waals surface area contributed by atoms with E-state index in [0.717, 1.165) is 10.2 Å². The predicted octanol–water partition coefficient (Wildman–Crippen LogP) is 4.29. The van der Waals surface area contributed by atoms with E-state index in [4.69, 9.17) is 4.74 Å². The molecule has 3 aromatic rings. The lowest BCUT2D eigenvalue weighted by Crippen LogP contribution is -2.28. The minimum atomic E-state index is -0.358. The summed E-state index contributed by atoms with van der Waals surface area (Å²) in [5.74, 6) is 1.16. The number of rotatable bonds is 9. The van der Waals surface area contributed by atoms with Crippen LogP contribution < -0.4 is 15.4 Å². The molecule has 0 unspecified atom stereocenters. The average Bonchev–Trinajstić information content (AvgIpc) is 3.22. The van der Waals surface area contributed by atoms with Gasteiger partial charge in [0.2, 0.25) is 5.91 Å². The van der Waals surface area contributed by atoms with Crippen LogP contribution in [0.4, 0.5) is 5.69 Å². The number of ether oxygens (including phenoxy) is 1. The molecule has 168 valence electrons. The molecule has 2 aromatic carbocycles. The Labute approximate surface area is 199 Å². The molecule has 0 radical (unpaired) electrons. The molecule has 0 aliphatic rings. The fourth-order valence-corrected chi connectivity index (χ4v) is 4.05. The van der Waals surface area contributed by atoms with E-state index in [1.807, 2.05) is 42.7 Å². The number of amides is 2. The van der Waals surface area contributed by atoms with E-state index >= 15 is 0 Å². The van der Waals surface area contributed by atoms with Crippen LogP contribution in [-0.4, -0.2) is 39.4 Å². The molecule has 0 spiro atoms. The molecular formula is C22H24BrN5O3S. The van der Waals surface area contributed by atoms with Crippen LogP contribution in [0.3, 0.4) is 0 Å². The molecule has 3 rings (SSSR count). The maximum absolute atomic E-state index is 12.6. The summed E-state index contributed by atoms with van der Waals surface area (Å²) in [5.41, 5.74) is 1.26. The smallest absolute Gasteiger partial charge is 0.251 e. The average molecular weight is 518 g/mol. The molecule has 1 heterocycles. The second-order valence-electron chi connectivity index (χ2n) is 6.85. The van der Waals surface area contributed by atoms with Gasteiger partial charge in [-0.2, -0.15) is 0 Å². The number of methoxy groups -OCH3 is 1. The number of anilines is 1. The second kappa shape index (κ2) is 11.1. The van der Waals surface area contributed by atoms with E-state index in [2.05, 4.69) is 36.8 Å². The summed E-state index contributed by atoms with van der Waals surface area (Å²) in [6.45, 7) is 4.44. The Balaban J connectivity index is 1.60. The third kappa shape index (κ3) is 6.10. The zero-order valence-electron chi connectivity index (χ0n) is 18.0. The zero-order chi connectivity index (χ0) is 23.1. The first-order valence-electron chi connectivity index (χ1n) is 9.97. The summed E-state index contributed by atoms with van der Waals surface area (Å²) in [5, 5.41) is 14.9. The molecule has 32 heavy (non-hydrogen) atoms. The normalized spacial score (nSPS) is 11.6. The predicted molar refractivity (Wildman–Crippen MR) is 128 cm³/mol. The molecule has 10 heteroatoms. The van der Waals surface area contributed by atoms with E-state index in [1.54, 1.807) is 31.4 Å². The van der Waals surface area contributed by atoms with Gasteiger partial charge < -0.3 is 19.9 Å². The number of thioether (sulfide) groups is 1. The molecule has 0 aliphatic carbocycles. The van der Waals surface area contributed by atoms with Crippen molar-refractivity contribution >= 4 is 45.2 Å². The Morgan fingerprint density at radius 2 is 1.81 bits per heavy atom. The van der Waals surface area contributed by atoms with Crippen LogP contribution in [-0.2, 0) is 11.3 Å². The first kappa shape index (κ1) is 23.8. The van der Waals surface area contributed by atoms with Crippen molar-refractivity contribution in [3.63, 3.8) is 0 Å². The van der Waals surface area contributed by atoms with Crippen molar-refractivity contribution in [3.8, 4) is 5.75 Å². The Morgan fingerprint density at radius 1 is 1.12 bits per heavy atom.